The van der Waals surface area contributed by atoms with E-state index in [1.807, 2.05) is 11.8 Å². The Morgan fingerprint density at radius 2 is 1.56 bits per heavy atom. The van der Waals surface area contributed by atoms with Gasteiger partial charge in [-0.1, -0.05) is 58.8 Å². The van der Waals surface area contributed by atoms with Crippen molar-refractivity contribution in [2.24, 2.45) is 0 Å². The van der Waals surface area contributed by atoms with E-state index in [0.717, 1.165) is 12.6 Å². The van der Waals surface area contributed by atoms with Crippen molar-refractivity contribution in [2.75, 3.05) is 18.6 Å². The summed E-state index contributed by atoms with van der Waals surface area (Å²) in [6, 6.07) is 0.746. The molecule has 0 bridgehead atoms. The zero-order valence-corrected chi connectivity index (χ0v) is 12.4. The van der Waals surface area contributed by atoms with Crippen LogP contribution in [0.4, 0.5) is 0 Å². The summed E-state index contributed by atoms with van der Waals surface area (Å²) < 4.78 is 0. The molecule has 0 radical (unpaired) electrons. The Kier molecular flexibility index (Phi) is 13.6. The molecule has 1 unspecified atom stereocenters. The third-order valence-electron chi connectivity index (χ3n) is 3.02. The summed E-state index contributed by atoms with van der Waals surface area (Å²) in [6.45, 7) is 5.60. The minimum atomic E-state index is 0.746. The van der Waals surface area contributed by atoms with Gasteiger partial charge in [0.1, 0.15) is 0 Å². The van der Waals surface area contributed by atoms with Gasteiger partial charge in [-0.05, 0) is 19.2 Å². The standard InChI is InChI=1S/C14H31NS/c1-4-6-7-8-9-10-11-12-14(13-16-3)15-5-2/h14-15H,4-13H2,1-3H3. The van der Waals surface area contributed by atoms with E-state index >= 15 is 0 Å². The van der Waals surface area contributed by atoms with Crippen molar-refractivity contribution in [1.82, 2.24) is 5.32 Å². The summed E-state index contributed by atoms with van der Waals surface area (Å²) in [5.74, 6) is 1.27. The maximum atomic E-state index is 3.57. The smallest absolute Gasteiger partial charge is 0.0157 e. The van der Waals surface area contributed by atoms with Gasteiger partial charge in [-0.15, -0.1) is 0 Å². The quantitative estimate of drug-likeness (QED) is 0.509. The Bertz CT molecular complexity index is 122. The Labute approximate surface area is 107 Å². The molecule has 0 saturated heterocycles. The van der Waals surface area contributed by atoms with Crippen molar-refractivity contribution in [2.45, 2.75) is 71.3 Å². The zero-order valence-electron chi connectivity index (χ0n) is 11.6. The highest BCUT2D eigenvalue weighted by Crippen LogP contribution is 2.11. The van der Waals surface area contributed by atoms with E-state index in [0.29, 0.717) is 0 Å². The van der Waals surface area contributed by atoms with Crippen LogP contribution in [-0.4, -0.2) is 24.6 Å². The molecule has 1 N–H and O–H groups in total. The Balaban J connectivity index is 3.25. The van der Waals surface area contributed by atoms with E-state index in [1.165, 1.54) is 57.1 Å². The molecule has 0 aliphatic rings. The van der Waals surface area contributed by atoms with Crippen LogP contribution in [0.1, 0.15) is 65.2 Å². The van der Waals surface area contributed by atoms with Gasteiger partial charge >= 0.3 is 0 Å². The highest BCUT2D eigenvalue weighted by Gasteiger charge is 2.05. The second kappa shape index (κ2) is 13.4. The van der Waals surface area contributed by atoms with Crippen molar-refractivity contribution in [3.05, 3.63) is 0 Å². The molecule has 0 aromatic rings. The fraction of sp³-hybridized carbons (Fsp3) is 1.00. The highest BCUT2D eigenvalue weighted by atomic mass is 32.2. The molecule has 0 aromatic carbocycles. The highest BCUT2D eigenvalue weighted by molar-refractivity contribution is 7.98. The van der Waals surface area contributed by atoms with Gasteiger partial charge in [0, 0.05) is 11.8 Å². The Hall–Kier alpha value is 0.310. The number of thioether (sulfide) groups is 1. The summed E-state index contributed by atoms with van der Waals surface area (Å²) in [7, 11) is 0. The molecule has 16 heavy (non-hydrogen) atoms. The first-order valence-corrected chi connectivity index (χ1v) is 8.46. The van der Waals surface area contributed by atoms with Crippen molar-refractivity contribution in [3.8, 4) is 0 Å². The molecular weight excluding hydrogens is 214 g/mol. The van der Waals surface area contributed by atoms with Crippen LogP contribution < -0.4 is 5.32 Å². The summed E-state index contributed by atoms with van der Waals surface area (Å²) in [4.78, 5) is 0. The minimum absolute atomic E-state index is 0.746. The molecule has 0 saturated carbocycles. The molecular formula is C14H31NS. The van der Waals surface area contributed by atoms with Gasteiger partial charge in [0.05, 0.1) is 0 Å². The molecule has 0 aliphatic heterocycles. The van der Waals surface area contributed by atoms with Gasteiger partial charge in [-0.25, -0.2) is 0 Å². The van der Waals surface area contributed by atoms with Gasteiger partial charge in [-0.3, -0.25) is 0 Å². The molecule has 0 aliphatic carbocycles. The summed E-state index contributed by atoms with van der Waals surface area (Å²) in [6.07, 6.45) is 13.5. The largest absolute Gasteiger partial charge is 0.313 e. The van der Waals surface area contributed by atoms with Crippen LogP contribution in [0.3, 0.4) is 0 Å². The number of hydrogen-bond donors (Lipinski definition) is 1. The zero-order chi connectivity index (χ0) is 12.1. The van der Waals surface area contributed by atoms with E-state index < -0.39 is 0 Å². The van der Waals surface area contributed by atoms with Gasteiger partial charge in [-0.2, -0.15) is 11.8 Å². The van der Waals surface area contributed by atoms with E-state index in [2.05, 4.69) is 25.4 Å². The third kappa shape index (κ3) is 10.8. The molecule has 0 fully saturated rings. The molecule has 1 nitrogen and oxygen atoms in total. The normalized spacial score (nSPS) is 12.9. The predicted octanol–water partition coefficient (Wildman–Crippen LogP) is 4.47. The van der Waals surface area contributed by atoms with Crippen LogP contribution >= 0.6 is 11.8 Å². The lowest BCUT2D eigenvalue weighted by Crippen LogP contribution is -2.30. The van der Waals surface area contributed by atoms with Gasteiger partial charge in [0.15, 0.2) is 0 Å². The number of unbranched alkanes of at least 4 members (excludes halogenated alkanes) is 6. The lowest BCUT2D eigenvalue weighted by molar-refractivity contribution is 0.492. The van der Waals surface area contributed by atoms with Gasteiger partial charge in [0.2, 0.25) is 0 Å². The van der Waals surface area contributed by atoms with E-state index in [4.69, 9.17) is 0 Å². The van der Waals surface area contributed by atoms with Crippen molar-refractivity contribution >= 4 is 11.8 Å². The number of nitrogens with one attached hydrogen (secondary N) is 1. The second-order valence-corrected chi connectivity index (χ2v) is 5.53. The molecule has 0 amide bonds. The third-order valence-corrected chi connectivity index (χ3v) is 3.75. The van der Waals surface area contributed by atoms with Crippen LogP contribution in [0, 0.1) is 0 Å². The average molecular weight is 245 g/mol. The fourth-order valence-electron chi connectivity index (χ4n) is 2.08. The SMILES string of the molecule is CCCCCCCCCC(CSC)NCC. The maximum Gasteiger partial charge on any atom is 0.0157 e. The van der Waals surface area contributed by atoms with Crippen molar-refractivity contribution < 1.29 is 0 Å². The number of hydrogen-bond acceptors (Lipinski definition) is 2. The van der Waals surface area contributed by atoms with Crippen molar-refractivity contribution in [1.29, 1.82) is 0 Å². The number of rotatable bonds is 12. The Morgan fingerprint density at radius 3 is 2.12 bits per heavy atom. The van der Waals surface area contributed by atoms with Crippen LogP contribution in [0.2, 0.25) is 0 Å². The summed E-state index contributed by atoms with van der Waals surface area (Å²) in [5.41, 5.74) is 0. The van der Waals surface area contributed by atoms with Crippen LogP contribution in [0.25, 0.3) is 0 Å². The fourth-order valence-corrected chi connectivity index (χ4v) is 2.77. The molecule has 0 aromatic heterocycles. The summed E-state index contributed by atoms with van der Waals surface area (Å²) in [5, 5.41) is 3.57. The lowest BCUT2D eigenvalue weighted by Gasteiger charge is -2.16. The monoisotopic (exact) mass is 245 g/mol. The van der Waals surface area contributed by atoms with Crippen LogP contribution in [0.15, 0.2) is 0 Å². The van der Waals surface area contributed by atoms with Crippen LogP contribution in [0.5, 0.6) is 0 Å². The van der Waals surface area contributed by atoms with Crippen molar-refractivity contribution in [3.63, 3.8) is 0 Å². The topological polar surface area (TPSA) is 12.0 Å². The molecule has 98 valence electrons. The predicted molar refractivity (Wildman–Crippen MR) is 78.5 cm³/mol. The average Bonchev–Trinajstić information content (AvgIpc) is 2.28. The first-order chi connectivity index (χ1) is 7.85. The molecule has 0 heterocycles. The van der Waals surface area contributed by atoms with Gasteiger partial charge in [0.25, 0.3) is 0 Å². The first kappa shape index (κ1) is 16.3. The molecule has 1 atom stereocenters. The first-order valence-electron chi connectivity index (χ1n) is 7.07. The Morgan fingerprint density at radius 1 is 0.938 bits per heavy atom. The maximum absolute atomic E-state index is 3.57. The van der Waals surface area contributed by atoms with E-state index in [-0.39, 0.29) is 0 Å². The summed E-state index contributed by atoms with van der Waals surface area (Å²) >= 11 is 1.96. The van der Waals surface area contributed by atoms with E-state index in [1.54, 1.807) is 0 Å². The molecule has 0 spiro atoms. The van der Waals surface area contributed by atoms with E-state index in [9.17, 15) is 0 Å². The minimum Gasteiger partial charge on any atom is -0.313 e. The van der Waals surface area contributed by atoms with Crippen LogP contribution in [-0.2, 0) is 0 Å². The lowest BCUT2D eigenvalue weighted by atomic mass is 10.1. The van der Waals surface area contributed by atoms with Gasteiger partial charge < -0.3 is 5.32 Å². The molecule has 2 heteroatoms. The molecule has 0 rings (SSSR count). The second-order valence-electron chi connectivity index (χ2n) is 4.62.